The number of H-pyrrole nitrogens is 1. The van der Waals surface area contributed by atoms with E-state index >= 15 is 0 Å². The zero-order valence-corrected chi connectivity index (χ0v) is 10.9. The highest BCUT2D eigenvalue weighted by molar-refractivity contribution is 5.78. The number of aliphatic imine (C=N–C) groups is 1. The summed E-state index contributed by atoms with van der Waals surface area (Å²) < 4.78 is 0. The summed E-state index contributed by atoms with van der Waals surface area (Å²) in [6.45, 7) is 3.76. The second-order valence-electron chi connectivity index (χ2n) is 4.46. The van der Waals surface area contributed by atoms with Crippen LogP contribution in [0.5, 0.6) is 5.75 Å². The number of aromatic hydroxyl groups is 1. The number of rotatable bonds is 2. The van der Waals surface area contributed by atoms with Crippen molar-refractivity contribution >= 4 is 11.8 Å². The molecule has 1 aromatic heterocycles. The van der Waals surface area contributed by atoms with Crippen molar-refractivity contribution in [2.75, 3.05) is 0 Å². The Kier molecular flexibility index (Phi) is 3.37. The summed E-state index contributed by atoms with van der Waals surface area (Å²) in [6.07, 6.45) is 1.83. The number of aromatic nitrogens is 1. The first-order valence-corrected chi connectivity index (χ1v) is 5.89. The van der Waals surface area contributed by atoms with Crippen molar-refractivity contribution in [3.05, 3.63) is 41.6 Å². The predicted molar refractivity (Wildman–Crippen MR) is 75.0 cm³/mol. The molecule has 0 unspecified atom stereocenters. The van der Waals surface area contributed by atoms with Gasteiger partial charge in [0.25, 0.3) is 0 Å². The van der Waals surface area contributed by atoms with Gasteiger partial charge in [0.05, 0.1) is 6.20 Å². The highest BCUT2D eigenvalue weighted by Gasteiger charge is 2.08. The minimum Gasteiger partial charge on any atom is -0.507 e. The normalized spacial score (nSPS) is 10.2. The largest absolute Gasteiger partial charge is 0.507 e. The standard InChI is InChI=1S/C14H16N4O/c1-8-5-11(6-9(2)13(8)19)10-3-4-12(17-7-10)18-14(15)16/h3-7,19H,1-2H3,(H4,15,16,17,18)/p+1. The molecular weight excluding hydrogens is 240 g/mol. The van der Waals surface area contributed by atoms with Crippen LogP contribution in [0.15, 0.2) is 35.5 Å². The molecule has 5 nitrogen and oxygen atoms in total. The van der Waals surface area contributed by atoms with E-state index in [9.17, 15) is 5.11 Å². The quantitative estimate of drug-likeness (QED) is 0.560. The first kappa shape index (κ1) is 12.9. The summed E-state index contributed by atoms with van der Waals surface area (Å²) in [5.41, 5.74) is 14.3. The van der Waals surface area contributed by atoms with Crippen LogP contribution in [0.3, 0.4) is 0 Å². The van der Waals surface area contributed by atoms with Crippen LogP contribution in [0.25, 0.3) is 11.1 Å². The second-order valence-corrected chi connectivity index (χ2v) is 4.46. The Balaban J connectivity index is 2.40. The lowest BCUT2D eigenvalue weighted by atomic mass is 10.0. The summed E-state index contributed by atoms with van der Waals surface area (Å²) in [7, 11) is 0. The zero-order chi connectivity index (χ0) is 14.0. The minimum atomic E-state index is 0.0142. The molecule has 19 heavy (non-hydrogen) atoms. The number of phenolic OH excluding ortho intramolecular Hbond substituents is 1. The van der Waals surface area contributed by atoms with Crippen LogP contribution in [-0.4, -0.2) is 11.1 Å². The molecule has 6 N–H and O–H groups in total. The molecule has 0 saturated heterocycles. The van der Waals surface area contributed by atoms with Crippen LogP contribution in [0.1, 0.15) is 11.1 Å². The number of nitrogens with two attached hydrogens (primary N) is 2. The van der Waals surface area contributed by atoms with Crippen molar-refractivity contribution in [3.8, 4) is 16.9 Å². The van der Waals surface area contributed by atoms with E-state index in [4.69, 9.17) is 11.5 Å². The fraction of sp³-hybridized carbons (Fsp3) is 0.143. The number of nitrogens with zero attached hydrogens (tertiary/aromatic N) is 1. The molecule has 0 bridgehead atoms. The SMILES string of the molecule is Cc1cc(-c2ccc(N=C(N)N)[nH+]c2)cc(C)c1O. The molecule has 2 rings (SSSR count). The Morgan fingerprint density at radius 2 is 1.74 bits per heavy atom. The van der Waals surface area contributed by atoms with Crippen molar-refractivity contribution in [1.29, 1.82) is 0 Å². The molecule has 5 heteroatoms. The lowest BCUT2D eigenvalue weighted by Crippen LogP contribution is -2.22. The summed E-state index contributed by atoms with van der Waals surface area (Å²) >= 11 is 0. The summed E-state index contributed by atoms with van der Waals surface area (Å²) in [5.74, 6) is 0.946. The average molecular weight is 257 g/mol. The van der Waals surface area contributed by atoms with Crippen molar-refractivity contribution < 1.29 is 10.1 Å². The number of benzene rings is 1. The Bertz CT molecular complexity index is 605. The summed E-state index contributed by atoms with van der Waals surface area (Å²) in [6, 6.07) is 7.59. The highest BCUT2D eigenvalue weighted by Crippen LogP contribution is 2.28. The van der Waals surface area contributed by atoms with E-state index in [0.29, 0.717) is 11.6 Å². The van der Waals surface area contributed by atoms with Gasteiger partial charge in [-0.1, -0.05) is 0 Å². The fourth-order valence-corrected chi connectivity index (χ4v) is 1.93. The van der Waals surface area contributed by atoms with E-state index in [2.05, 4.69) is 9.98 Å². The Morgan fingerprint density at radius 3 is 2.21 bits per heavy atom. The van der Waals surface area contributed by atoms with Gasteiger partial charge in [-0.25, -0.2) is 4.98 Å². The van der Waals surface area contributed by atoms with Crippen molar-refractivity contribution in [2.45, 2.75) is 13.8 Å². The van der Waals surface area contributed by atoms with Crippen molar-refractivity contribution in [1.82, 2.24) is 0 Å². The van der Waals surface area contributed by atoms with Crippen LogP contribution in [0.2, 0.25) is 0 Å². The molecule has 2 aromatic rings. The van der Waals surface area contributed by atoms with Crippen LogP contribution >= 0.6 is 0 Å². The number of pyridine rings is 1. The van der Waals surface area contributed by atoms with E-state index in [1.165, 1.54) is 0 Å². The third-order valence-electron chi connectivity index (χ3n) is 2.87. The number of nitrogens with one attached hydrogen (secondary N) is 1. The smallest absolute Gasteiger partial charge is 0.325 e. The van der Waals surface area contributed by atoms with Crippen LogP contribution in [0.4, 0.5) is 5.82 Å². The van der Waals surface area contributed by atoms with Crippen LogP contribution in [0, 0.1) is 13.8 Å². The van der Waals surface area contributed by atoms with Gasteiger partial charge in [0.2, 0.25) is 0 Å². The molecule has 0 aliphatic rings. The van der Waals surface area contributed by atoms with Gasteiger partial charge in [-0.05, 0) is 53.7 Å². The maximum absolute atomic E-state index is 9.77. The maximum Gasteiger partial charge on any atom is 0.325 e. The molecule has 0 fully saturated rings. The molecule has 1 heterocycles. The predicted octanol–water partition coefficient (Wildman–Crippen LogP) is 1.40. The van der Waals surface area contributed by atoms with Gasteiger partial charge in [-0.2, -0.15) is 0 Å². The van der Waals surface area contributed by atoms with Gasteiger partial charge in [-0.3, -0.25) is 0 Å². The number of guanidine groups is 1. The van der Waals surface area contributed by atoms with Gasteiger partial charge in [-0.15, -0.1) is 0 Å². The summed E-state index contributed by atoms with van der Waals surface area (Å²) in [5, 5.41) is 9.77. The third-order valence-corrected chi connectivity index (χ3v) is 2.87. The summed E-state index contributed by atoms with van der Waals surface area (Å²) in [4.78, 5) is 6.93. The van der Waals surface area contributed by atoms with Crippen molar-refractivity contribution in [2.24, 2.45) is 16.5 Å². The van der Waals surface area contributed by atoms with E-state index in [0.717, 1.165) is 22.3 Å². The Morgan fingerprint density at radius 1 is 1.11 bits per heavy atom. The number of hydrogen-bond donors (Lipinski definition) is 3. The van der Waals surface area contributed by atoms with Gasteiger partial charge >= 0.3 is 11.8 Å². The molecule has 0 amide bonds. The number of hydrogen-bond acceptors (Lipinski definition) is 2. The maximum atomic E-state index is 9.77. The molecular formula is C14H17N4O+. The lowest BCUT2D eigenvalue weighted by Gasteiger charge is -2.07. The van der Waals surface area contributed by atoms with Crippen LogP contribution < -0.4 is 16.5 Å². The number of aryl methyl sites for hydroxylation is 2. The Labute approximate surface area is 111 Å². The van der Waals surface area contributed by atoms with Crippen LogP contribution in [-0.2, 0) is 0 Å². The molecule has 1 aromatic carbocycles. The zero-order valence-electron chi connectivity index (χ0n) is 10.9. The average Bonchev–Trinajstić information content (AvgIpc) is 2.35. The highest BCUT2D eigenvalue weighted by atomic mass is 16.3. The topological polar surface area (TPSA) is 98.8 Å². The molecule has 98 valence electrons. The van der Waals surface area contributed by atoms with Gasteiger partial charge < -0.3 is 16.6 Å². The van der Waals surface area contributed by atoms with E-state index in [1.807, 2.05) is 38.2 Å². The van der Waals surface area contributed by atoms with Gasteiger partial charge in [0, 0.05) is 11.6 Å². The molecule has 0 aliphatic heterocycles. The molecule has 0 radical (unpaired) electrons. The number of aromatic amines is 1. The number of phenols is 1. The first-order chi connectivity index (χ1) is 8.97. The second kappa shape index (κ2) is 4.97. The van der Waals surface area contributed by atoms with E-state index in [1.54, 1.807) is 6.07 Å². The van der Waals surface area contributed by atoms with Crippen molar-refractivity contribution in [3.63, 3.8) is 0 Å². The molecule has 0 aliphatic carbocycles. The minimum absolute atomic E-state index is 0.0142. The monoisotopic (exact) mass is 257 g/mol. The molecule has 0 spiro atoms. The third kappa shape index (κ3) is 2.82. The lowest BCUT2D eigenvalue weighted by molar-refractivity contribution is -0.361. The molecule has 0 atom stereocenters. The van der Waals surface area contributed by atoms with Gasteiger partial charge in [0.1, 0.15) is 5.75 Å². The van der Waals surface area contributed by atoms with E-state index in [-0.39, 0.29) is 5.96 Å². The molecule has 0 saturated carbocycles. The van der Waals surface area contributed by atoms with E-state index < -0.39 is 0 Å². The fourth-order valence-electron chi connectivity index (χ4n) is 1.93. The van der Waals surface area contributed by atoms with Gasteiger partial charge in [0.15, 0.2) is 0 Å². The first-order valence-electron chi connectivity index (χ1n) is 5.89. The Hall–Kier alpha value is -2.56.